The van der Waals surface area contributed by atoms with Crippen LogP contribution in [0.25, 0.3) is 11.3 Å². The van der Waals surface area contributed by atoms with Crippen molar-refractivity contribution in [3.63, 3.8) is 0 Å². The van der Waals surface area contributed by atoms with Crippen LogP contribution >= 0.6 is 0 Å². The number of benzene rings is 1. The van der Waals surface area contributed by atoms with E-state index >= 15 is 0 Å². The molecule has 2 atom stereocenters. The van der Waals surface area contributed by atoms with E-state index in [9.17, 15) is 9.59 Å². The van der Waals surface area contributed by atoms with Gasteiger partial charge in [-0.1, -0.05) is 50.1 Å². The molecule has 156 valence electrons. The van der Waals surface area contributed by atoms with Crippen LogP contribution in [0.3, 0.4) is 0 Å². The van der Waals surface area contributed by atoms with E-state index in [0.717, 1.165) is 50.0 Å². The third-order valence-corrected chi connectivity index (χ3v) is 5.76. The van der Waals surface area contributed by atoms with Crippen LogP contribution in [0.2, 0.25) is 0 Å². The van der Waals surface area contributed by atoms with E-state index in [-0.39, 0.29) is 17.9 Å². The van der Waals surface area contributed by atoms with Crippen molar-refractivity contribution in [2.24, 2.45) is 11.7 Å². The van der Waals surface area contributed by atoms with Gasteiger partial charge in [0.2, 0.25) is 11.8 Å². The Bertz CT molecular complexity index is 803. The summed E-state index contributed by atoms with van der Waals surface area (Å²) in [5.74, 6) is 1.43. The highest BCUT2D eigenvalue weighted by Crippen LogP contribution is 2.33. The van der Waals surface area contributed by atoms with E-state index in [2.05, 4.69) is 9.88 Å². The first-order valence-electron chi connectivity index (χ1n) is 10.6. The van der Waals surface area contributed by atoms with Crippen LogP contribution < -0.4 is 5.73 Å². The molecule has 1 aliphatic heterocycles. The number of likely N-dealkylation sites (tertiary alicyclic amines) is 1. The molecular weight excluding hydrogens is 366 g/mol. The third-order valence-electron chi connectivity index (χ3n) is 5.76. The Morgan fingerprint density at radius 1 is 1.24 bits per heavy atom. The molecule has 6 heteroatoms. The van der Waals surface area contributed by atoms with Crippen LogP contribution in [-0.2, 0) is 9.59 Å². The Balaban J connectivity index is 1.67. The minimum atomic E-state index is -0.235. The molecule has 0 aliphatic carbocycles. The number of primary amides is 1. The van der Waals surface area contributed by atoms with Crippen molar-refractivity contribution in [2.75, 3.05) is 13.1 Å². The first-order chi connectivity index (χ1) is 14.1. The van der Waals surface area contributed by atoms with Gasteiger partial charge < -0.3 is 10.2 Å². The summed E-state index contributed by atoms with van der Waals surface area (Å²) >= 11 is 0. The second-order valence-electron chi connectivity index (χ2n) is 7.82. The molecule has 2 heterocycles. The normalized spacial score (nSPS) is 18.0. The van der Waals surface area contributed by atoms with E-state index in [1.54, 1.807) is 6.20 Å². The van der Waals surface area contributed by atoms with E-state index in [1.807, 2.05) is 37.3 Å². The lowest BCUT2D eigenvalue weighted by molar-refractivity contribution is -0.121. The van der Waals surface area contributed by atoms with Gasteiger partial charge in [0.1, 0.15) is 5.78 Å². The van der Waals surface area contributed by atoms with Gasteiger partial charge in [-0.25, -0.2) is 4.98 Å². The Hall–Kier alpha value is -2.47. The lowest BCUT2D eigenvalue weighted by Gasteiger charge is -2.25. The van der Waals surface area contributed by atoms with Gasteiger partial charge in [-0.15, -0.1) is 0 Å². The first-order valence-corrected chi connectivity index (χ1v) is 10.6. The maximum atomic E-state index is 11.6. The van der Waals surface area contributed by atoms with E-state index in [0.29, 0.717) is 31.1 Å². The maximum absolute atomic E-state index is 11.6. The molecule has 3 rings (SSSR count). The van der Waals surface area contributed by atoms with Crippen LogP contribution in [0.5, 0.6) is 0 Å². The van der Waals surface area contributed by atoms with Crippen LogP contribution in [0.15, 0.2) is 40.9 Å². The third kappa shape index (κ3) is 5.76. The second kappa shape index (κ2) is 10.3. The van der Waals surface area contributed by atoms with Crippen molar-refractivity contribution in [3.05, 3.63) is 42.4 Å². The van der Waals surface area contributed by atoms with E-state index in [4.69, 9.17) is 10.2 Å². The molecular formula is C23H31N3O3. The number of amides is 1. The lowest BCUT2D eigenvalue weighted by atomic mass is 10.0. The number of ketones is 1. The monoisotopic (exact) mass is 397 g/mol. The van der Waals surface area contributed by atoms with Crippen molar-refractivity contribution in [1.82, 2.24) is 9.88 Å². The topological polar surface area (TPSA) is 89.4 Å². The van der Waals surface area contributed by atoms with Gasteiger partial charge >= 0.3 is 0 Å². The molecule has 1 fully saturated rings. The lowest BCUT2D eigenvalue weighted by Crippen LogP contribution is -2.30. The van der Waals surface area contributed by atoms with Crippen molar-refractivity contribution in [1.29, 1.82) is 0 Å². The molecule has 1 saturated heterocycles. The molecule has 29 heavy (non-hydrogen) atoms. The van der Waals surface area contributed by atoms with Crippen LogP contribution in [0.4, 0.5) is 0 Å². The summed E-state index contributed by atoms with van der Waals surface area (Å²) in [5.41, 5.74) is 6.52. The molecule has 1 aromatic heterocycles. The van der Waals surface area contributed by atoms with Gasteiger partial charge in [0.15, 0.2) is 5.76 Å². The van der Waals surface area contributed by atoms with Crippen molar-refractivity contribution in [3.8, 4) is 11.3 Å². The van der Waals surface area contributed by atoms with Crippen LogP contribution in [0.1, 0.15) is 63.8 Å². The zero-order chi connectivity index (χ0) is 20.6. The number of oxazole rings is 1. The SMILES string of the molecule is CCC(=O)CCCCC[C@@H](c1ncc(-c2ccccc2)o1)N1CCC(C(N)=O)C1. The van der Waals surface area contributed by atoms with Crippen molar-refractivity contribution in [2.45, 2.75) is 57.9 Å². The Morgan fingerprint density at radius 2 is 2.03 bits per heavy atom. The summed E-state index contributed by atoms with van der Waals surface area (Å²) in [6.45, 7) is 3.38. The predicted molar refractivity (Wildman–Crippen MR) is 112 cm³/mol. The van der Waals surface area contributed by atoms with Gasteiger partial charge in [0, 0.05) is 24.9 Å². The number of carbonyl (C=O) groups is 2. The van der Waals surface area contributed by atoms with Gasteiger partial charge in [-0.3, -0.25) is 14.5 Å². The quantitative estimate of drug-likeness (QED) is 0.576. The number of Topliss-reactive ketones (excluding diaryl/α,β-unsaturated/α-hetero) is 1. The molecule has 0 bridgehead atoms. The van der Waals surface area contributed by atoms with Gasteiger partial charge in [0.05, 0.1) is 18.2 Å². The fourth-order valence-corrected chi connectivity index (χ4v) is 3.96. The Labute approximate surface area is 172 Å². The Morgan fingerprint density at radius 3 is 2.72 bits per heavy atom. The summed E-state index contributed by atoms with van der Waals surface area (Å²) in [5, 5.41) is 0. The number of hydrogen-bond donors (Lipinski definition) is 1. The number of carbonyl (C=O) groups excluding carboxylic acids is 2. The van der Waals surface area contributed by atoms with Crippen molar-refractivity contribution < 1.29 is 14.0 Å². The second-order valence-corrected chi connectivity index (χ2v) is 7.82. The maximum Gasteiger partial charge on any atom is 0.221 e. The zero-order valence-corrected chi connectivity index (χ0v) is 17.2. The molecule has 6 nitrogen and oxygen atoms in total. The zero-order valence-electron chi connectivity index (χ0n) is 17.2. The summed E-state index contributed by atoms with van der Waals surface area (Å²) < 4.78 is 6.13. The number of nitrogens with zero attached hydrogens (tertiary/aromatic N) is 2. The predicted octanol–water partition coefficient (Wildman–Crippen LogP) is 4.12. The van der Waals surface area contributed by atoms with Gasteiger partial charge in [-0.05, 0) is 25.8 Å². The highest BCUT2D eigenvalue weighted by Gasteiger charge is 2.33. The number of unbranched alkanes of at least 4 members (excludes halogenated alkanes) is 2. The molecule has 1 amide bonds. The summed E-state index contributed by atoms with van der Waals surface area (Å²) in [6, 6.07) is 9.96. The first kappa shape index (κ1) is 21.2. The molecule has 0 spiro atoms. The Kier molecular flexibility index (Phi) is 7.58. The standard InChI is InChI=1S/C23H31N3O3/c1-2-19(27)11-7-4-8-12-20(26-14-13-18(16-26)22(24)28)23-25-15-21(29-23)17-9-5-3-6-10-17/h3,5-6,9-10,15,18,20H,2,4,7-8,11-14,16H2,1H3,(H2,24,28)/t18?,20-/m0/s1. The minimum Gasteiger partial charge on any atom is -0.439 e. The number of nitrogens with two attached hydrogens (primary N) is 1. The fraction of sp³-hybridized carbons (Fsp3) is 0.522. The molecule has 1 aliphatic rings. The average Bonchev–Trinajstić information content (AvgIpc) is 3.41. The molecule has 2 aromatic rings. The van der Waals surface area contributed by atoms with E-state index in [1.165, 1.54) is 0 Å². The number of aromatic nitrogens is 1. The summed E-state index contributed by atoms with van der Waals surface area (Å²) in [4.78, 5) is 30.0. The molecule has 2 N–H and O–H groups in total. The fourth-order valence-electron chi connectivity index (χ4n) is 3.96. The number of rotatable bonds is 11. The highest BCUT2D eigenvalue weighted by atomic mass is 16.4. The largest absolute Gasteiger partial charge is 0.439 e. The molecule has 1 aromatic carbocycles. The molecule has 0 radical (unpaired) electrons. The van der Waals surface area contributed by atoms with Gasteiger partial charge in [-0.2, -0.15) is 0 Å². The van der Waals surface area contributed by atoms with Crippen molar-refractivity contribution >= 4 is 11.7 Å². The van der Waals surface area contributed by atoms with Gasteiger partial charge in [0.25, 0.3) is 0 Å². The molecule has 0 saturated carbocycles. The minimum absolute atomic E-state index is 0.0266. The van der Waals surface area contributed by atoms with E-state index < -0.39 is 0 Å². The molecule has 1 unspecified atom stereocenters. The average molecular weight is 398 g/mol. The number of hydrogen-bond acceptors (Lipinski definition) is 5. The summed E-state index contributed by atoms with van der Waals surface area (Å²) in [7, 11) is 0. The summed E-state index contributed by atoms with van der Waals surface area (Å²) in [6.07, 6.45) is 7.63. The van der Waals surface area contributed by atoms with Crippen LogP contribution in [-0.4, -0.2) is 34.7 Å². The highest BCUT2D eigenvalue weighted by molar-refractivity contribution is 5.78. The smallest absolute Gasteiger partial charge is 0.221 e. The van der Waals surface area contributed by atoms with Crippen LogP contribution in [0, 0.1) is 5.92 Å².